The molecule has 3 aliphatic rings. The predicted octanol–water partition coefficient (Wildman–Crippen LogP) is 2.40. The molecule has 0 radical (unpaired) electrons. The maximum atomic E-state index is 13.4. The lowest BCUT2D eigenvalue weighted by atomic mass is 9.95. The van der Waals surface area contributed by atoms with Crippen LogP contribution < -0.4 is 15.0 Å². The number of anilines is 2. The highest BCUT2D eigenvalue weighted by molar-refractivity contribution is 7.89. The Morgan fingerprint density at radius 3 is 2.81 bits per heavy atom. The van der Waals surface area contributed by atoms with Crippen LogP contribution in [0.15, 0.2) is 47.4 Å². The second-order valence-electron chi connectivity index (χ2n) is 8.42. The smallest absolute Gasteiger partial charge is 0.262 e. The Balaban J connectivity index is 1.37. The molecule has 0 aromatic heterocycles. The van der Waals surface area contributed by atoms with Crippen molar-refractivity contribution in [2.45, 2.75) is 30.6 Å². The van der Waals surface area contributed by atoms with Gasteiger partial charge in [0.1, 0.15) is 5.75 Å². The average molecular weight is 456 g/mol. The number of hydrogen-bond donors (Lipinski definition) is 1. The fourth-order valence-corrected chi connectivity index (χ4v) is 6.27. The van der Waals surface area contributed by atoms with Crippen molar-refractivity contribution in [1.82, 2.24) is 4.31 Å². The van der Waals surface area contributed by atoms with E-state index in [1.807, 2.05) is 29.2 Å². The van der Waals surface area contributed by atoms with Crippen molar-refractivity contribution >= 4 is 33.2 Å². The molecule has 3 aliphatic heterocycles. The van der Waals surface area contributed by atoms with E-state index in [1.54, 1.807) is 6.07 Å². The number of rotatable bonds is 3. The van der Waals surface area contributed by atoms with Crippen LogP contribution in [0.4, 0.5) is 11.4 Å². The normalized spacial score (nSPS) is 21.2. The van der Waals surface area contributed by atoms with Gasteiger partial charge in [0, 0.05) is 25.3 Å². The summed E-state index contributed by atoms with van der Waals surface area (Å²) in [6.07, 6.45) is 3.14. The Morgan fingerprint density at radius 2 is 1.94 bits per heavy atom. The molecule has 2 amide bonds. The summed E-state index contributed by atoms with van der Waals surface area (Å²) in [7, 11) is -3.81. The monoisotopic (exact) mass is 455 g/mol. The van der Waals surface area contributed by atoms with Gasteiger partial charge in [0.05, 0.1) is 16.5 Å². The van der Waals surface area contributed by atoms with Gasteiger partial charge >= 0.3 is 0 Å². The van der Waals surface area contributed by atoms with Gasteiger partial charge in [0.2, 0.25) is 15.9 Å². The molecule has 1 N–H and O–H groups in total. The first-order valence-electron chi connectivity index (χ1n) is 10.9. The molecular weight excluding hydrogens is 430 g/mol. The molecule has 2 aromatic carbocycles. The molecular formula is C23H25N3O5S. The van der Waals surface area contributed by atoms with E-state index in [0.717, 1.165) is 24.1 Å². The van der Waals surface area contributed by atoms with E-state index in [-0.39, 0.29) is 35.8 Å². The van der Waals surface area contributed by atoms with Crippen LogP contribution in [0.2, 0.25) is 0 Å². The molecule has 1 fully saturated rings. The van der Waals surface area contributed by atoms with Crippen LogP contribution in [-0.4, -0.2) is 50.8 Å². The van der Waals surface area contributed by atoms with Gasteiger partial charge < -0.3 is 15.0 Å². The molecule has 3 heterocycles. The highest BCUT2D eigenvalue weighted by Gasteiger charge is 2.36. The minimum absolute atomic E-state index is 0.0110. The number of amides is 2. The number of hydrogen-bond acceptors (Lipinski definition) is 5. The van der Waals surface area contributed by atoms with Crippen molar-refractivity contribution in [3.05, 3.63) is 48.0 Å². The van der Waals surface area contributed by atoms with Crippen molar-refractivity contribution in [2.75, 3.05) is 36.5 Å². The third-order valence-corrected chi connectivity index (χ3v) is 8.19. The number of aryl methyl sites for hydroxylation is 1. The van der Waals surface area contributed by atoms with Gasteiger partial charge in [-0.2, -0.15) is 4.31 Å². The van der Waals surface area contributed by atoms with Gasteiger partial charge in [-0.3, -0.25) is 9.59 Å². The van der Waals surface area contributed by atoms with E-state index in [2.05, 4.69) is 5.32 Å². The molecule has 1 atom stereocenters. The molecule has 0 unspecified atom stereocenters. The molecule has 9 heteroatoms. The first-order valence-corrected chi connectivity index (χ1v) is 12.3. The van der Waals surface area contributed by atoms with E-state index in [1.165, 1.54) is 16.4 Å². The second-order valence-corrected chi connectivity index (χ2v) is 10.4. The summed E-state index contributed by atoms with van der Waals surface area (Å²) in [6, 6.07) is 12.4. The molecule has 32 heavy (non-hydrogen) atoms. The molecule has 168 valence electrons. The average Bonchev–Trinajstić information content (AvgIpc) is 2.82. The van der Waals surface area contributed by atoms with Gasteiger partial charge in [0.15, 0.2) is 6.61 Å². The number of ether oxygens (including phenoxy) is 1. The Kier molecular flexibility index (Phi) is 5.38. The van der Waals surface area contributed by atoms with Crippen LogP contribution in [0, 0.1) is 5.92 Å². The largest absolute Gasteiger partial charge is 0.482 e. The van der Waals surface area contributed by atoms with Gasteiger partial charge in [0.25, 0.3) is 5.91 Å². The first-order chi connectivity index (χ1) is 15.4. The van der Waals surface area contributed by atoms with E-state index in [4.69, 9.17) is 4.74 Å². The third-order valence-electron chi connectivity index (χ3n) is 6.33. The van der Waals surface area contributed by atoms with E-state index in [0.29, 0.717) is 37.4 Å². The van der Waals surface area contributed by atoms with Crippen molar-refractivity contribution in [1.29, 1.82) is 0 Å². The van der Waals surface area contributed by atoms with Crippen LogP contribution in [0.25, 0.3) is 0 Å². The zero-order chi connectivity index (χ0) is 22.3. The zero-order valence-corrected chi connectivity index (χ0v) is 18.4. The van der Waals surface area contributed by atoms with Crippen molar-refractivity contribution in [3.63, 3.8) is 0 Å². The molecule has 0 spiro atoms. The number of nitrogens with one attached hydrogen (secondary N) is 1. The second kappa shape index (κ2) is 8.22. The number of carbonyl (C=O) groups excluding carboxylic acids is 2. The molecule has 2 aromatic rings. The van der Waals surface area contributed by atoms with Gasteiger partial charge in [-0.25, -0.2) is 8.42 Å². The number of para-hydroxylation sites is 1. The highest BCUT2D eigenvalue weighted by Crippen LogP contribution is 2.34. The first kappa shape index (κ1) is 21.0. The summed E-state index contributed by atoms with van der Waals surface area (Å²) in [5, 5.41) is 2.65. The van der Waals surface area contributed by atoms with E-state index in [9.17, 15) is 18.0 Å². The van der Waals surface area contributed by atoms with E-state index < -0.39 is 10.0 Å². The maximum absolute atomic E-state index is 13.4. The number of carbonyl (C=O) groups is 2. The quantitative estimate of drug-likeness (QED) is 0.767. The Morgan fingerprint density at radius 1 is 1.09 bits per heavy atom. The fraction of sp³-hybridized carbons (Fsp3) is 0.391. The Bertz CT molecular complexity index is 1180. The topological polar surface area (TPSA) is 96.0 Å². The molecule has 5 rings (SSSR count). The third kappa shape index (κ3) is 3.75. The Labute approximate surface area is 187 Å². The molecule has 0 aliphatic carbocycles. The van der Waals surface area contributed by atoms with Gasteiger partial charge in [-0.15, -0.1) is 0 Å². The maximum Gasteiger partial charge on any atom is 0.262 e. The molecule has 0 bridgehead atoms. The standard InChI is InChI=1S/C23H25N3O5S/c27-22-15-31-21-10-9-18(13-19(21)24-22)32(29,30)25-11-3-7-17(14-25)23(28)26-12-4-6-16-5-1-2-8-20(16)26/h1-2,5,8-10,13,17H,3-4,6-7,11-12,14-15H2,(H,24,27)/t17-/m1/s1. The van der Waals surface area contributed by atoms with Crippen LogP contribution in [0.5, 0.6) is 5.75 Å². The highest BCUT2D eigenvalue weighted by atomic mass is 32.2. The summed E-state index contributed by atoms with van der Waals surface area (Å²) in [6.45, 7) is 1.08. The van der Waals surface area contributed by atoms with Crippen LogP contribution in [-0.2, 0) is 26.0 Å². The number of nitrogens with zero attached hydrogens (tertiary/aromatic N) is 2. The van der Waals surface area contributed by atoms with Gasteiger partial charge in [-0.05, 0) is 55.5 Å². The Hall–Kier alpha value is -2.91. The summed E-state index contributed by atoms with van der Waals surface area (Å²) < 4.78 is 33.4. The number of fused-ring (bicyclic) bond motifs is 2. The minimum atomic E-state index is -3.81. The summed E-state index contributed by atoms with van der Waals surface area (Å²) in [5.74, 6) is -0.273. The summed E-state index contributed by atoms with van der Waals surface area (Å²) in [5.41, 5.74) is 2.44. The lowest BCUT2D eigenvalue weighted by Crippen LogP contribution is -2.48. The van der Waals surface area contributed by atoms with Crippen LogP contribution in [0.3, 0.4) is 0 Å². The van der Waals surface area contributed by atoms with Crippen molar-refractivity contribution in [2.24, 2.45) is 5.92 Å². The zero-order valence-electron chi connectivity index (χ0n) is 17.6. The van der Waals surface area contributed by atoms with Crippen LogP contribution >= 0.6 is 0 Å². The van der Waals surface area contributed by atoms with Gasteiger partial charge in [-0.1, -0.05) is 18.2 Å². The lowest BCUT2D eigenvalue weighted by molar-refractivity contribution is -0.123. The number of benzene rings is 2. The summed E-state index contributed by atoms with van der Waals surface area (Å²) in [4.78, 5) is 26.9. The predicted molar refractivity (Wildman–Crippen MR) is 119 cm³/mol. The number of sulfonamides is 1. The SMILES string of the molecule is O=C1COc2ccc(S(=O)(=O)N3CCC[C@@H](C(=O)N4CCCc5ccccc54)C3)cc2N1. The molecule has 8 nitrogen and oxygen atoms in total. The van der Waals surface area contributed by atoms with Crippen molar-refractivity contribution < 1.29 is 22.7 Å². The van der Waals surface area contributed by atoms with Crippen LogP contribution in [0.1, 0.15) is 24.8 Å². The van der Waals surface area contributed by atoms with E-state index >= 15 is 0 Å². The molecule has 0 saturated carbocycles. The fourth-order valence-electron chi connectivity index (χ4n) is 4.72. The molecule has 1 saturated heterocycles. The summed E-state index contributed by atoms with van der Waals surface area (Å²) >= 11 is 0. The lowest BCUT2D eigenvalue weighted by Gasteiger charge is -2.36. The minimum Gasteiger partial charge on any atom is -0.482 e. The van der Waals surface area contributed by atoms with Crippen molar-refractivity contribution in [3.8, 4) is 5.75 Å². The number of piperidine rings is 1.